The third-order valence-corrected chi connectivity index (χ3v) is 3.23. The first-order valence-electron chi connectivity index (χ1n) is 4.92. The highest BCUT2D eigenvalue weighted by Gasteiger charge is 2.02. The standard InChI is InChI=1S/C9H20N2O2S/c1-8(5-6-12)14-7-3-2-4-9(13)11-10/h8,12H,2-7,10H2,1H3,(H,11,13). The van der Waals surface area contributed by atoms with Crippen LogP contribution in [0.4, 0.5) is 0 Å². The lowest BCUT2D eigenvalue weighted by atomic mass is 10.2. The quantitative estimate of drug-likeness (QED) is 0.243. The van der Waals surface area contributed by atoms with Gasteiger partial charge in [-0.25, -0.2) is 5.84 Å². The fraction of sp³-hybridized carbons (Fsp3) is 0.889. The number of aliphatic hydroxyl groups is 1. The minimum Gasteiger partial charge on any atom is -0.396 e. The molecule has 84 valence electrons. The van der Waals surface area contributed by atoms with Crippen molar-refractivity contribution in [3.8, 4) is 0 Å². The minimum atomic E-state index is -0.0987. The number of nitrogens with one attached hydrogen (secondary N) is 1. The van der Waals surface area contributed by atoms with E-state index in [-0.39, 0.29) is 12.5 Å². The van der Waals surface area contributed by atoms with E-state index >= 15 is 0 Å². The summed E-state index contributed by atoms with van der Waals surface area (Å²) in [6.07, 6.45) is 3.25. The molecule has 1 atom stereocenters. The predicted octanol–water partition coefficient (Wildman–Crippen LogP) is 0.651. The number of unbranched alkanes of at least 4 members (excludes halogenated alkanes) is 1. The van der Waals surface area contributed by atoms with Gasteiger partial charge in [0.25, 0.3) is 0 Å². The van der Waals surface area contributed by atoms with Gasteiger partial charge in [-0.05, 0) is 25.0 Å². The SMILES string of the molecule is CC(CCO)SCCCCC(=O)NN. The molecule has 1 amide bonds. The molecule has 0 saturated heterocycles. The van der Waals surface area contributed by atoms with E-state index in [9.17, 15) is 4.79 Å². The lowest BCUT2D eigenvalue weighted by molar-refractivity contribution is -0.121. The molecule has 0 aromatic rings. The summed E-state index contributed by atoms with van der Waals surface area (Å²) in [5.74, 6) is 5.88. The van der Waals surface area contributed by atoms with Gasteiger partial charge in [0.15, 0.2) is 0 Å². The third kappa shape index (κ3) is 8.34. The van der Waals surface area contributed by atoms with Crippen molar-refractivity contribution in [3.05, 3.63) is 0 Å². The average Bonchev–Trinajstić information content (AvgIpc) is 2.17. The van der Waals surface area contributed by atoms with Crippen molar-refractivity contribution in [2.75, 3.05) is 12.4 Å². The second-order valence-corrected chi connectivity index (χ2v) is 4.76. The summed E-state index contributed by atoms with van der Waals surface area (Å²) in [5.41, 5.74) is 2.11. The molecule has 5 heteroatoms. The summed E-state index contributed by atoms with van der Waals surface area (Å²) < 4.78 is 0. The largest absolute Gasteiger partial charge is 0.396 e. The van der Waals surface area contributed by atoms with Crippen molar-refractivity contribution in [1.82, 2.24) is 5.43 Å². The van der Waals surface area contributed by atoms with Crippen molar-refractivity contribution in [2.45, 2.75) is 37.9 Å². The number of hydrazine groups is 1. The smallest absolute Gasteiger partial charge is 0.233 e. The highest BCUT2D eigenvalue weighted by molar-refractivity contribution is 7.99. The molecule has 4 N–H and O–H groups in total. The summed E-state index contributed by atoms with van der Waals surface area (Å²) in [6, 6.07) is 0. The zero-order valence-corrected chi connectivity index (χ0v) is 9.48. The van der Waals surface area contributed by atoms with Gasteiger partial charge in [-0.15, -0.1) is 0 Å². The number of carbonyl (C=O) groups excluding carboxylic acids is 1. The molecule has 1 unspecified atom stereocenters. The van der Waals surface area contributed by atoms with Crippen molar-refractivity contribution < 1.29 is 9.90 Å². The maximum absolute atomic E-state index is 10.7. The number of hydrogen-bond donors (Lipinski definition) is 3. The van der Waals surface area contributed by atoms with Gasteiger partial charge < -0.3 is 5.11 Å². The van der Waals surface area contributed by atoms with Gasteiger partial charge in [0.05, 0.1) is 0 Å². The Morgan fingerprint density at radius 1 is 1.57 bits per heavy atom. The van der Waals surface area contributed by atoms with Crippen molar-refractivity contribution in [1.29, 1.82) is 0 Å². The van der Waals surface area contributed by atoms with Crippen LogP contribution in [0.5, 0.6) is 0 Å². The van der Waals surface area contributed by atoms with Crippen molar-refractivity contribution >= 4 is 17.7 Å². The molecule has 0 fully saturated rings. The Kier molecular flexibility index (Phi) is 9.13. The lowest BCUT2D eigenvalue weighted by Crippen LogP contribution is -2.29. The Morgan fingerprint density at radius 2 is 2.29 bits per heavy atom. The van der Waals surface area contributed by atoms with Gasteiger partial charge >= 0.3 is 0 Å². The summed E-state index contributed by atoms with van der Waals surface area (Å²) in [4.78, 5) is 10.7. The maximum atomic E-state index is 10.7. The second kappa shape index (κ2) is 9.30. The van der Waals surface area contributed by atoms with Gasteiger partial charge in [-0.2, -0.15) is 11.8 Å². The molecule has 0 rings (SSSR count). The number of carbonyl (C=O) groups is 1. The third-order valence-electron chi connectivity index (χ3n) is 1.90. The molecule has 0 aromatic heterocycles. The Labute approximate surface area is 89.6 Å². The number of thioether (sulfide) groups is 1. The van der Waals surface area contributed by atoms with Crippen LogP contribution in [0.25, 0.3) is 0 Å². The number of rotatable bonds is 8. The molecule has 0 heterocycles. The van der Waals surface area contributed by atoms with E-state index in [1.165, 1.54) is 0 Å². The maximum Gasteiger partial charge on any atom is 0.233 e. The summed E-state index contributed by atoms with van der Waals surface area (Å²) in [5, 5.41) is 9.17. The fourth-order valence-corrected chi connectivity index (χ4v) is 2.05. The highest BCUT2D eigenvalue weighted by Crippen LogP contribution is 2.15. The van der Waals surface area contributed by atoms with Crippen LogP contribution in [-0.4, -0.2) is 28.6 Å². The Hall–Kier alpha value is -0.260. The molecular formula is C9H20N2O2S. The predicted molar refractivity (Wildman–Crippen MR) is 59.8 cm³/mol. The van der Waals surface area contributed by atoms with Gasteiger partial charge in [-0.1, -0.05) is 6.92 Å². The number of amides is 1. The lowest BCUT2D eigenvalue weighted by Gasteiger charge is -2.08. The normalized spacial score (nSPS) is 12.5. The zero-order valence-electron chi connectivity index (χ0n) is 8.66. The van der Waals surface area contributed by atoms with Crippen LogP contribution >= 0.6 is 11.8 Å². The van der Waals surface area contributed by atoms with E-state index in [2.05, 4.69) is 12.3 Å². The van der Waals surface area contributed by atoms with Crippen molar-refractivity contribution in [3.63, 3.8) is 0 Å². The average molecular weight is 220 g/mol. The molecular weight excluding hydrogens is 200 g/mol. The monoisotopic (exact) mass is 220 g/mol. The Bertz CT molecular complexity index is 156. The van der Waals surface area contributed by atoms with E-state index in [1.807, 2.05) is 11.8 Å². The molecule has 0 radical (unpaired) electrons. The summed E-state index contributed by atoms with van der Waals surface area (Å²) >= 11 is 1.84. The summed E-state index contributed by atoms with van der Waals surface area (Å²) in [7, 11) is 0. The molecule has 0 aromatic carbocycles. The van der Waals surface area contributed by atoms with Gasteiger partial charge in [0, 0.05) is 18.3 Å². The molecule has 0 aliphatic carbocycles. The molecule has 14 heavy (non-hydrogen) atoms. The summed E-state index contributed by atoms with van der Waals surface area (Å²) in [6.45, 7) is 2.36. The van der Waals surface area contributed by atoms with E-state index in [0.29, 0.717) is 11.7 Å². The Balaban J connectivity index is 3.17. The highest BCUT2D eigenvalue weighted by atomic mass is 32.2. The number of hydrogen-bond acceptors (Lipinski definition) is 4. The van der Waals surface area contributed by atoms with Gasteiger partial charge in [-0.3, -0.25) is 10.2 Å². The fourth-order valence-electron chi connectivity index (χ4n) is 1.01. The first kappa shape index (κ1) is 13.7. The second-order valence-electron chi connectivity index (χ2n) is 3.22. The van der Waals surface area contributed by atoms with Crippen LogP contribution < -0.4 is 11.3 Å². The van der Waals surface area contributed by atoms with Gasteiger partial charge in [0.1, 0.15) is 0 Å². The van der Waals surface area contributed by atoms with Crippen molar-refractivity contribution in [2.24, 2.45) is 5.84 Å². The molecule has 0 bridgehead atoms. The molecule has 4 nitrogen and oxygen atoms in total. The number of nitrogens with two attached hydrogens (primary N) is 1. The Morgan fingerprint density at radius 3 is 2.86 bits per heavy atom. The van der Waals surface area contributed by atoms with Crippen LogP contribution in [0.1, 0.15) is 32.6 Å². The van der Waals surface area contributed by atoms with Crippen LogP contribution in [0, 0.1) is 0 Å². The van der Waals surface area contributed by atoms with Crippen LogP contribution in [0.2, 0.25) is 0 Å². The topological polar surface area (TPSA) is 75.3 Å². The molecule has 0 aliphatic rings. The minimum absolute atomic E-state index is 0.0987. The van der Waals surface area contributed by atoms with E-state index in [4.69, 9.17) is 10.9 Å². The van der Waals surface area contributed by atoms with E-state index < -0.39 is 0 Å². The van der Waals surface area contributed by atoms with Crippen LogP contribution in [0.15, 0.2) is 0 Å². The molecule has 0 spiro atoms. The van der Waals surface area contributed by atoms with Gasteiger partial charge in [0.2, 0.25) is 5.91 Å². The van der Waals surface area contributed by atoms with E-state index in [1.54, 1.807) is 0 Å². The molecule has 0 saturated carbocycles. The van der Waals surface area contributed by atoms with Crippen LogP contribution in [0.3, 0.4) is 0 Å². The van der Waals surface area contributed by atoms with Crippen LogP contribution in [-0.2, 0) is 4.79 Å². The first-order chi connectivity index (χ1) is 6.70. The van der Waals surface area contributed by atoms with E-state index in [0.717, 1.165) is 25.0 Å². The first-order valence-corrected chi connectivity index (χ1v) is 5.97. The number of aliphatic hydroxyl groups excluding tert-OH is 1. The zero-order chi connectivity index (χ0) is 10.8. The molecule has 0 aliphatic heterocycles.